The summed E-state index contributed by atoms with van der Waals surface area (Å²) in [4.78, 5) is 12.0. The molecule has 0 spiro atoms. The van der Waals surface area contributed by atoms with Crippen molar-refractivity contribution in [3.05, 3.63) is 54.1 Å². The van der Waals surface area contributed by atoms with Crippen molar-refractivity contribution in [2.45, 2.75) is 26.9 Å². The molecule has 2 aromatic rings. The van der Waals surface area contributed by atoms with E-state index in [1.165, 1.54) is 5.56 Å². The number of nitrogens with zero attached hydrogens (tertiary/aromatic N) is 2. The molecule has 0 saturated heterocycles. The molecule has 1 aromatic heterocycles. The van der Waals surface area contributed by atoms with Crippen LogP contribution in [0.3, 0.4) is 0 Å². The molecule has 0 radical (unpaired) electrons. The van der Waals surface area contributed by atoms with Gasteiger partial charge in [-0.2, -0.15) is 0 Å². The zero-order valence-electron chi connectivity index (χ0n) is 10.6. The van der Waals surface area contributed by atoms with Crippen LogP contribution in [-0.4, -0.2) is 10.4 Å². The lowest BCUT2D eigenvalue weighted by Crippen LogP contribution is -3.00. The number of hydrogen-bond acceptors (Lipinski definition) is 1. The number of carbonyl (C=O) groups excluding carboxylic acids is 1. The molecule has 0 amide bonds. The molecule has 18 heavy (non-hydrogen) atoms. The zero-order chi connectivity index (χ0) is 12.3. The summed E-state index contributed by atoms with van der Waals surface area (Å²) in [6.07, 6.45) is 5.85. The number of imidazole rings is 1. The summed E-state index contributed by atoms with van der Waals surface area (Å²) in [6.45, 7) is 5.41. The normalized spacial score (nSPS) is 9.89. The highest BCUT2D eigenvalue weighted by Crippen LogP contribution is 2.04. The van der Waals surface area contributed by atoms with Gasteiger partial charge in [0.1, 0.15) is 12.4 Å². The molecular weight excluding hydrogens is 292 g/mol. The van der Waals surface area contributed by atoms with Crippen molar-refractivity contribution in [2.24, 2.45) is 0 Å². The molecule has 4 heteroatoms. The second-order valence-corrected chi connectivity index (χ2v) is 4.21. The number of Topliss-reactive ketones (excluding diaryl/α,β-unsaturated/α-hetero) is 1. The summed E-state index contributed by atoms with van der Waals surface area (Å²) in [7, 11) is 0. The van der Waals surface area contributed by atoms with E-state index >= 15 is 0 Å². The van der Waals surface area contributed by atoms with Crippen molar-refractivity contribution in [3.63, 3.8) is 0 Å². The average molecular weight is 309 g/mol. The minimum atomic E-state index is 0. The van der Waals surface area contributed by atoms with Gasteiger partial charge in [-0.25, -0.2) is 9.13 Å². The number of rotatable bonds is 4. The topological polar surface area (TPSA) is 25.9 Å². The van der Waals surface area contributed by atoms with E-state index in [9.17, 15) is 4.79 Å². The van der Waals surface area contributed by atoms with Crippen molar-refractivity contribution < 1.29 is 26.3 Å². The SMILES string of the molecule is CCn1cc[n+](CC(=O)c2ccc(C)cc2)c1.[Br-]. The van der Waals surface area contributed by atoms with Crippen LogP contribution in [0.2, 0.25) is 0 Å². The third-order valence-corrected chi connectivity index (χ3v) is 2.81. The van der Waals surface area contributed by atoms with Crippen LogP contribution >= 0.6 is 0 Å². The Morgan fingerprint density at radius 1 is 1.28 bits per heavy atom. The summed E-state index contributed by atoms with van der Waals surface area (Å²) < 4.78 is 3.95. The first-order valence-corrected chi connectivity index (χ1v) is 5.83. The minimum Gasteiger partial charge on any atom is -1.00 e. The van der Waals surface area contributed by atoms with E-state index in [-0.39, 0.29) is 22.8 Å². The first kappa shape index (κ1) is 14.6. The van der Waals surface area contributed by atoms with E-state index in [1.807, 2.05) is 59.0 Å². The van der Waals surface area contributed by atoms with Gasteiger partial charge in [0.05, 0.1) is 6.54 Å². The van der Waals surface area contributed by atoms with E-state index in [4.69, 9.17) is 0 Å². The molecule has 0 atom stereocenters. The van der Waals surface area contributed by atoms with Crippen LogP contribution in [0.5, 0.6) is 0 Å². The quantitative estimate of drug-likeness (QED) is 0.525. The highest BCUT2D eigenvalue weighted by Gasteiger charge is 2.10. The van der Waals surface area contributed by atoms with Crippen LogP contribution < -0.4 is 21.5 Å². The Balaban J connectivity index is 0.00000162. The third-order valence-electron chi connectivity index (χ3n) is 2.81. The molecule has 0 unspecified atom stereocenters. The predicted octanol–water partition coefficient (Wildman–Crippen LogP) is -1.01. The van der Waals surface area contributed by atoms with Gasteiger partial charge < -0.3 is 17.0 Å². The van der Waals surface area contributed by atoms with E-state index in [0.717, 1.165) is 12.1 Å². The monoisotopic (exact) mass is 308 g/mol. The second kappa shape index (κ2) is 6.50. The Hall–Kier alpha value is -1.42. The zero-order valence-corrected chi connectivity index (χ0v) is 12.2. The second-order valence-electron chi connectivity index (χ2n) is 4.21. The first-order valence-electron chi connectivity index (χ1n) is 5.83. The number of halogens is 1. The van der Waals surface area contributed by atoms with Crippen molar-refractivity contribution in [1.29, 1.82) is 0 Å². The summed E-state index contributed by atoms with van der Waals surface area (Å²) in [6, 6.07) is 7.70. The number of aromatic nitrogens is 2. The van der Waals surface area contributed by atoms with Gasteiger partial charge in [0, 0.05) is 5.56 Å². The van der Waals surface area contributed by atoms with Gasteiger partial charge in [0.15, 0.2) is 6.54 Å². The molecule has 0 aliphatic carbocycles. The number of ketones is 1. The van der Waals surface area contributed by atoms with Crippen molar-refractivity contribution in [1.82, 2.24) is 4.57 Å². The molecule has 96 valence electrons. The third kappa shape index (κ3) is 3.53. The van der Waals surface area contributed by atoms with Crippen LogP contribution in [0.15, 0.2) is 43.0 Å². The minimum absolute atomic E-state index is 0. The largest absolute Gasteiger partial charge is 1.00 e. The highest BCUT2D eigenvalue weighted by molar-refractivity contribution is 5.95. The van der Waals surface area contributed by atoms with Crippen LogP contribution in [0.4, 0.5) is 0 Å². The standard InChI is InChI=1S/C14H17N2O.BrH/c1-3-15-8-9-16(11-15)10-14(17)13-6-4-12(2)5-7-13;/h4-9,11H,3,10H2,1-2H3;1H/q+1;/p-1. The molecule has 1 heterocycles. The molecule has 0 saturated carbocycles. The summed E-state index contributed by atoms with van der Waals surface area (Å²) in [5.41, 5.74) is 1.94. The van der Waals surface area contributed by atoms with E-state index in [0.29, 0.717) is 6.54 Å². The van der Waals surface area contributed by atoms with E-state index < -0.39 is 0 Å². The Morgan fingerprint density at radius 2 is 1.94 bits per heavy atom. The van der Waals surface area contributed by atoms with Gasteiger partial charge in [-0.15, -0.1) is 0 Å². The van der Waals surface area contributed by atoms with Gasteiger partial charge in [-0.3, -0.25) is 4.79 Å². The Bertz CT molecular complexity index is 517. The summed E-state index contributed by atoms with van der Waals surface area (Å²) in [5.74, 6) is 0.142. The lowest BCUT2D eigenvalue weighted by Gasteiger charge is -1.99. The molecule has 1 aromatic carbocycles. The number of aryl methyl sites for hydroxylation is 2. The van der Waals surface area contributed by atoms with Crippen molar-refractivity contribution >= 4 is 5.78 Å². The molecule has 3 nitrogen and oxygen atoms in total. The van der Waals surface area contributed by atoms with E-state index in [2.05, 4.69) is 6.92 Å². The molecular formula is C14H17BrN2O. The Kier molecular flexibility index (Phi) is 5.28. The van der Waals surface area contributed by atoms with Gasteiger partial charge >= 0.3 is 0 Å². The van der Waals surface area contributed by atoms with Crippen LogP contribution in [0.25, 0.3) is 0 Å². The number of carbonyl (C=O) groups is 1. The van der Waals surface area contributed by atoms with Gasteiger partial charge in [0.2, 0.25) is 12.1 Å². The number of benzene rings is 1. The molecule has 0 fully saturated rings. The van der Waals surface area contributed by atoms with Crippen LogP contribution in [0, 0.1) is 6.92 Å². The maximum absolute atomic E-state index is 12.0. The summed E-state index contributed by atoms with van der Waals surface area (Å²) >= 11 is 0. The van der Waals surface area contributed by atoms with Crippen molar-refractivity contribution in [2.75, 3.05) is 0 Å². The fourth-order valence-electron chi connectivity index (χ4n) is 1.72. The van der Waals surface area contributed by atoms with E-state index in [1.54, 1.807) is 0 Å². The smallest absolute Gasteiger partial charge is 0.244 e. The Labute approximate surface area is 118 Å². The molecule has 2 rings (SSSR count). The molecule has 0 aliphatic rings. The lowest BCUT2D eigenvalue weighted by atomic mass is 10.1. The van der Waals surface area contributed by atoms with Gasteiger partial charge in [-0.1, -0.05) is 29.8 Å². The van der Waals surface area contributed by atoms with Crippen molar-refractivity contribution in [3.8, 4) is 0 Å². The fourth-order valence-corrected chi connectivity index (χ4v) is 1.72. The molecule has 0 aliphatic heterocycles. The Morgan fingerprint density at radius 3 is 2.50 bits per heavy atom. The maximum atomic E-state index is 12.0. The van der Waals surface area contributed by atoms with Crippen LogP contribution in [0.1, 0.15) is 22.8 Å². The predicted molar refractivity (Wildman–Crippen MR) is 65.8 cm³/mol. The first-order chi connectivity index (χ1) is 8.19. The van der Waals surface area contributed by atoms with Gasteiger partial charge in [-0.05, 0) is 13.8 Å². The molecule has 0 N–H and O–H groups in total. The fraction of sp³-hybridized carbons (Fsp3) is 0.286. The summed E-state index contributed by atoms with van der Waals surface area (Å²) in [5, 5.41) is 0. The molecule has 0 bridgehead atoms. The van der Waals surface area contributed by atoms with Crippen LogP contribution in [-0.2, 0) is 13.1 Å². The average Bonchev–Trinajstić information content (AvgIpc) is 2.77. The number of hydrogen-bond donors (Lipinski definition) is 0. The maximum Gasteiger partial charge on any atom is 0.244 e. The lowest BCUT2D eigenvalue weighted by molar-refractivity contribution is -0.682. The van der Waals surface area contributed by atoms with Gasteiger partial charge in [0.25, 0.3) is 0 Å². The highest BCUT2D eigenvalue weighted by atomic mass is 79.9.